The first-order valence-electron chi connectivity index (χ1n) is 7.53. The van der Waals surface area contributed by atoms with Crippen molar-refractivity contribution in [1.82, 2.24) is 10.4 Å². The van der Waals surface area contributed by atoms with Crippen LogP contribution < -0.4 is 5.32 Å². The Bertz CT molecular complexity index is 431. The second kappa shape index (κ2) is 10.9. The van der Waals surface area contributed by atoms with Crippen molar-refractivity contribution in [3.8, 4) is 0 Å². The van der Waals surface area contributed by atoms with Crippen molar-refractivity contribution >= 4 is 39.4 Å². The van der Waals surface area contributed by atoms with Crippen molar-refractivity contribution in [2.75, 3.05) is 39.4 Å². The number of ether oxygens (including phenoxy) is 2. The number of hydrogen-bond acceptors (Lipinski definition) is 9. The molecule has 1 fully saturated rings. The fourth-order valence-corrected chi connectivity index (χ4v) is 4.03. The number of hydrogen-bond donors (Lipinski definition) is 1. The van der Waals surface area contributed by atoms with Crippen LogP contribution in [0.1, 0.15) is 26.7 Å². The molecule has 0 unspecified atom stereocenters. The first kappa shape index (κ1) is 21.2. The highest BCUT2D eigenvalue weighted by molar-refractivity contribution is 8.77. The number of imide groups is 1. The van der Waals surface area contributed by atoms with Gasteiger partial charge in [0, 0.05) is 24.1 Å². The fourth-order valence-electron chi connectivity index (χ4n) is 1.79. The van der Waals surface area contributed by atoms with E-state index in [9.17, 15) is 14.4 Å². The van der Waals surface area contributed by atoms with Gasteiger partial charge < -0.3 is 19.6 Å². The van der Waals surface area contributed by atoms with Gasteiger partial charge in [0.15, 0.2) is 0 Å². The predicted molar refractivity (Wildman–Crippen MR) is 92.0 cm³/mol. The van der Waals surface area contributed by atoms with Crippen LogP contribution in [0.4, 0.5) is 0 Å². The Morgan fingerprint density at radius 3 is 2.46 bits per heavy atom. The number of nitrogens with zero attached hydrogens (tertiary/aromatic N) is 1. The van der Waals surface area contributed by atoms with Crippen LogP contribution in [0.3, 0.4) is 0 Å². The molecule has 0 bridgehead atoms. The largest absolute Gasteiger partial charge is 0.368 e. The van der Waals surface area contributed by atoms with Crippen LogP contribution in [0.25, 0.3) is 0 Å². The highest BCUT2D eigenvalue weighted by Gasteiger charge is 2.32. The zero-order valence-electron chi connectivity index (χ0n) is 14.2. The van der Waals surface area contributed by atoms with Gasteiger partial charge in [-0.2, -0.15) is 0 Å². The van der Waals surface area contributed by atoms with Crippen LogP contribution in [0.2, 0.25) is 0 Å². The van der Waals surface area contributed by atoms with Gasteiger partial charge in [-0.1, -0.05) is 21.6 Å². The van der Waals surface area contributed by atoms with E-state index in [2.05, 4.69) is 24.0 Å². The van der Waals surface area contributed by atoms with Crippen LogP contribution in [0.15, 0.2) is 0 Å². The van der Waals surface area contributed by atoms with E-state index >= 15 is 0 Å². The van der Waals surface area contributed by atoms with Crippen molar-refractivity contribution in [1.29, 1.82) is 0 Å². The molecule has 1 heterocycles. The lowest BCUT2D eigenvalue weighted by Crippen LogP contribution is -2.33. The highest BCUT2D eigenvalue weighted by atomic mass is 33.1. The van der Waals surface area contributed by atoms with Gasteiger partial charge in [0.25, 0.3) is 11.8 Å². The molecular weight excluding hydrogens is 356 g/mol. The summed E-state index contributed by atoms with van der Waals surface area (Å²) < 4.78 is 10.6. The molecule has 0 aliphatic carbocycles. The summed E-state index contributed by atoms with van der Waals surface area (Å²) >= 11 is 0. The molecule has 1 saturated heterocycles. The zero-order chi connectivity index (χ0) is 18.0. The van der Waals surface area contributed by atoms with Gasteiger partial charge in [-0.3, -0.25) is 9.59 Å². The number of amides is 2. The van der Waals surface area contributed by atoms with Gasteiger partial charge in [-0.05, 0) is 20.9 Å². The fraction of sp³-hybridized carbons (Fsp3) is 0.786. The second-order valence-electron chi connectivity index (χ2n) is 5.62. The normalized spacial score (nSPS) is 15.2. The SMILES string of the molecule is CNCC(C)(C)SSCOCCOCC(=O)ON1C(=O)CCC1=O. The van der Waals surface area contributed by atoms with Gasteiger partial charge >= 0.3 is 5.97 Å². The Morgan fingerprint density at radius 1 is 1.21 bits per heavy atom. The van der Waals surface area contributed by atoms with Gasteiger partial charge in [-0.15, -0.1) is 5.06 Å². The van der Waals surface area contributed by atoms with E-state index in [0.29, 0.717) is 17.6 Å². The lowest BCUT2D eigenvalue weighted by molar-refractivity contribution is -0.200. The molecule has 0 atom stereocenters. The van der Waals surface area contributed by atoms with Crippen molar-refractivity contribution in [3.05, 3.63) is 0 Å². The average Bonchev–Trinajstić information content (AvgIpc) is 2.81. The molecule has 0 radical (unpaired) electrons. The molecule has 0 aromatic heterocycles. The van der Waals surface area contributed by atoms with E-state index in [1.807, 2.05) is 7.05 Å². The standard InChI is InChI=1S/C14H24N2O6S2/c1-14(2,9-15-3)24-23-10-21-7-6-20-8-13(19)22-16-11(17)4-5-12(16)18/h15H,4-10H2,1-3H3. The summed E-state index contributed by atoms with van der Waals surface area (Å²) in [6.07, 6.45) is 0.142. The molecule has 138 valence electrons. The van der Waals surface area contributed by atoms with E-state index in [0.717, 1.165) is 6.54 Å². The lowest BCUT2D eigenvalue weighted by Gasteiger charge is -2.22. The van der Waals surface area contributed by atoms with Gasteiger partial charge in [0.1, 0.15) is 12.5 Å². The summed E-state index contributed by atoms with van der Waals surface area (Å²) in [4.78, 5) is 38.6. The molecule has 24 heavy (non-hydrogen) atoms. The van der Waals surface area contributed by atoms with E-state index in [1.54, 1.807) is 21.6 Å². The Balaban J connectivity index is 1.99. The van der Waals surface area contributed by atoms with Crippen molar-refractivity contribution < 1.29 is 28.7 Å². The molecule has 1 aliphatic heterocycles. The first-order valence-corrected chi connectivity index (χ1v) is 9.85. The molecule has 10 heteroatoms. The van der Waals surface area contributed by atoms with Crippen LogP contribution in [-0.4, -0.2) is 66.9 Å². The van der Waals surface area contributed by atoms with E-state index in [-0.39, 0.29) is 30.8 Å². The summed E-state index contributed by atoms with van der Waals surface area (Å²) in [5, 5.41) is 3.64. The summed E-state index contributed by atoms with van der Waals surface area (Å²) in [5.41, 5.74) is 0. The number of carbonyl (C=O) groups excluding carboxylic acids is 3. The summed E-state index contributed by atoms with van der Waals surface area (Å²) in [6, 6.07) is 0. The third-order valence-corrected chi connectivity index (χ3v) is 5.78. The minimum absolute atomic E-state index is 0.0710. The Hall–Kier alpha value is -0.810. The summed E-state index contributed by atoms with van der Waals surface area (Å²) in [5.74, 6) is -1.28. The molecule has 0 spiro atoms. The maximum atomic E-state index is 11.4. The Morgan fingerprint density at radius 2 is 1.83 bits per heavy atom. The summed E-state index contributed by atoms with van der Waals surface area (Å²) in [6.45, 7) is 5.42. The third-order valence-electron chi connectivity index (χ3n) is 2.81. The number of hydroxylamine groups is 2. The van der Waals surface area contributed by atoms with Crippen molar-refractivity contribution in [2.45, 2.75) is 31.4 Å². The van der Waals surface area contributed by atoms with Crippen molar-refractivity contribution in [2.24, 2.45) is 0 Å². The lowest BCUT2D eigenvalue weighted by atomic mass is 10.2. The molecule has 0 aromatic carbocycles. The number of rotatable bonds is 12. The predicted octanol–water partition coefficient (Wildman–Crippen LogP) is 0.964. The smallest absolute Gasteiger partial charge is 0.358 e. The van der Waals surface area contributed by atoms with Gasteiger partial charge in [-0.25, -0.2) is 4.79 Å². The van der Waals surface area contributed by atoms with E-state index in [1.165, 1.54) is 0 Å². The second-order valence-corrected chi connectivity index (χ2v) is 8.57. The van der Waals surface area contributed by atoms with E-state index < -0.39 is 17.8 Å². The van der Waals surface area contributed by atoms with E-state index in [4.69, 9.17) is 9.47 Å². The molecule has 1 N–H and O–H groups in total. The minimum Gasteiger partial charge on any atom is -0.368 e. The molecule has 0 aromatic rings. The van der Waals surface area contributed by atoms with Gasteiger partial charge in [0.05, 0.1) is 13.2 Å². The molecule has 1 aliphatic rings. The average molecular weight is 380 g/mol. The quantitative estimate of drug-likeness (QED) is 0.230. The highest BCUT2D eigenvalue weighted by Crippen LogP contribution is 2.34. The molecule has 2 amide bonds. The number of nitrogens with one attached hydrogen (secondary N) is 1. The summed E-state index contributed by atoms with van der Waals surface area (Å²) in [7, 11) is 5.26. The third kappa shape index (κ3) is 8.34. The van der Waals surface area contributed by atoms with Crippen molar-refractivity contribution in [3.63, 3.8) is 0 Å². The molecule has 0 saturated carbocycles. The van der Waals surface area contributed by atoms with Crippen LogP contribution in [-0.2, 0) is 28.7 Å². The monoisotopic (exact) mass is 380 g/mol. The number of carbonyl (C=O) groups is 3. The van der Waals surface area contributed by atoms with Crippen LogP contribution in [0, 0.1) is 0 Å². The van der Waals surface area contributed by atoms with Gasteiger partial charge in [0.2, 0.25) is 0 Å². The maximum Gasteiger partial charge on any atom is 0.358 e. The Kier molecular flexibility index (Phi) is 9.67. The topological polar surface area (TPSA) is 94.2 Å². The maximum absolute atomic E-state index is 11.4. The first-order chi connectivity index (χ1) is 11.4. The van der Waals surface area contributed by atoms with Crippen LogP contribution in [0.5, 0.6) is 0 Å². The molecule has 8 nitrogen and oxygen atoms in total. The van der Waals surface area contributed by atoms with Crippen LogP contribution >= 0.6 is 21.6 Å². The minimum atomic E-state index is -0.780. The molecular formula is C14H24N2O6S2. The molecule has 1 rings (SSSR count). The Labute approximate surface area is 149 Å². The zero-order valence-corrected chi connectivity index (χ0v) is 15.8.